The highest BCUT2D eigenvalue weighted by molar-refractivity contribution is 5.96. The Morgan fingerprint density at radius 3 is 2.67 bits per heavy atom. The summed E-state index contributed by atoms with van der Waals surface area (Å²) in [6, 6.07) is 9.00. The molecule has 0 saturated heterocycles. The number of fused-ring (bicyclic) bond motifs is 3. The van der Waals surface area contributed by atoms with Gasteiger partial charge in [0, 0.05) is 11.4 Å². The first-order valence-corrected chi connectivity index (χ1v) is 8.67. The minimum absolute atomic E-state index is 0.0877. The van der Waals surface area contributed by atoms with Crippen LogP contribution in [-0.2, 0) is 0 Å². The predicted molar refractivity (Wildman–Crippen MR) is 93.0 cm³/mol. The summed E-state index contributed by atoms with van der Waals surface area (Å²) in [5, 5.41) is 3.89. The SMILES string of the molecule is CC1(C)C2CCC1(C)C(NC(=O)c1cc3ccccc3oc1=O)C2. The first-order chi connectivity index (χ1) is 11.3. The molecule has 3 atom stereocenters. The summed E-state index contributed by atoms with van der Waals surface area (Å²) < 4.78 is 5.29. The largest absolute Gasteiger partial charge is 0.422 e. The van der Waals surface area contributed by atoms with Gasteiger partial charge in [0.1, 0.15) is 11.1 Å². The molecule has 0 aliphatic heterocycles. The molecule has 1 heterocycles. The van der Waals surface area contributed by atoms with Crippen LogP contribution in [0.1, 0.15) is 50.4 Å². The van der Waals surface area contributed by atoms with E-state index in [0.29, 0.717) is 11.5 Å². The molecule has 1 N–H and O–H groups in total. The Balaban J connectivity index is 1.64. The highest BCUT2D eigenvalue weighted by Gasteiger charge is 2.61. The number of amides is 1. The number of hydrogen-bond donors (Lipinski definition) is 1. The van der Waals surface area contributed by atoms with Gasteiger partial charge in [-0.2, -0.15) is 0 Å². The highest BCUT2D eigenvalue weighted by atomic mass is 16.4. The second-order valence-electron chi connectivity index (χ2n) is 8.12. The molecule has 3 unspecified atom stereocenters. The van der Waals surface area contributed by atoms with Gasteiger partial charge in [-0.1, -0.05) is 39.0 Å². The monoisotopic (exact) mass is 325 g/mol. The summed E-state index contributed by atoms with van der Waals surface area (Å²) in [6.45, 7) is 6.89. The number of benzene rings is 1. The number of nitrogens with one attached hydrogen (secondary N) is 1. The Kier molecular flexibility index (Phi) is 3.18. The lowest BCUT2D eigenvalue weighted by molar-refractivity contribution is 0.0823. The van der Waals surface area contributed by atoms with Crippen LogP contribution in [0.3, 0.4) is 0 Å². The normalized spacial score (nSPS) is 30.6. The van der Waals surface area contributed by atoms with Crippen molar-refractivity contribution in [1.82, 2.24) is 5.32 Å². The molecule has 2 aromatic rings. The molecule has 4 rings (SSSR count). The third kappa shape index (κ3) is 1.98. The van der Waals surface area contributed by atoms with Crippen LogP contribution in [0.5, 0.6) is 0 Å². The van der Waals surface area contributed by atoms with Gasteiger partial charge in [-0.25, -0.2) is 4.79 Å². The molecule has 4 nitrogen and oxygen atoms in total. The summed E-state index contributed by atoms with van der Waals surface area (Å²) in [5.41, 5.74) is 0.340. The fourth-order valence-electron chi connectivity index (χ4n) is 4.88. The van der Waals surface area contributed by atoms with Gasteiger partial charge in [-0.3, -0.25) is 4.79 Å². The third-order valence-electron chi connectivity index (χ3n) is 6.99. The van der Waals surface area contributed by atoms with Gasteiger partial charge in [-0.15, -0.1) is 0 Å². The fraction of sp³-hybridized carbons (Fsp3) is 0.500. The zero-order chi connectivity index (χ0) is 17.1. The molecule has 2 aliphatic rings. The molecule has 2 aliphatic carbocycles. The van der Waals surface area contributed by atoms with Crippen molar-refractivity contribution in [2.24, 2.45) is 16.7 Å². The summed E-state index contributed by atoms with van der Waals surface area (Å²) in [5.74, 6) is 0.324. The molecule has 1 aromatic heterocycles. The molecule has 126 valence electrons. The van der Waals surface area contributed by atoms with Crippen LogP contribution >= 0.6 is 0 Å². The molecular formula is C20H23NO3. The molecule has 2 fully saturated rings. The van der Waals surface area contributed by atoms with Crippen molar-refractivity contribution in [2.45, 2.75) is 46.1 Å². The third-order valence-corrected chi connectivity index (χ3v) is 6.99. The molecule has 0 radical (unpaired) electrons. The second kappa shape index (κ2) is 4.95. The van der Waals surface area contributed by atoms with E-state index in [0.717, 1.165) is 18.2 Å². The van der Waals surface area contributed by atoms with E-state index in [1.807, 2.05) is 18.2 Å². The number of rotatable bonds is 2. The van der Waals surface area contributed by atoms with Crippen molar-refractivity contribution in [3.05, 3.63) is 46.3 Å². The van der Waals surface area contributed by atoms with E-state index in [1.165, 1.54) is 6.42 Å². The molecule has 4 heteroatoms. The maximum absolute atomic E-state index is 12.7. The number of hydrogen-bond acceptors (Lipinski definition) is 3. The summed E-state index contributed by atoms with van der Waals surface area (Å²) in [4.78, 5) is 24.9. The Morgan fingerprint density at radius 1 is 1.25 bits per heavy atom. The minimum Gasteiger partial charge on any atom is -0.422 e. The van der Waals surface area contributed by atoms with Crippen LogP contribution in [0.4, 0.5) is 0 Å². The van der Waals surface area contributed by atoms with E-state index < -0.39 is 5.63 Å². The highest BCUT2D eigenvalue weighted by Crippen LogP contribution is 2.65. The molecule has 1 amide bonds. The number of carbonyl (C=O) groups is 1. The fourth-order valence-corrected chi connectivity index (χ4v) is 4.88. The van der Waals surface area contributed by atoms with Crippen LogP contribution in [0, 0.1) is 16.7 Å². The lowest BCUT2D eigenvalue weighted by Gasteiger charge is -2.39. The van der Waals surface area contributed by atoms with E-state index >= 15 is 0 Å². The van der Waals surface area contributed by atoms with Gasteiger partial charge >= 0.3 is 5.63 Å². The Labute approximate surface area is 141 Å². The first kappa shape index (κ1) is 15.4. The first-order valence-electron chi connectivity index (χ1n) is 8.67. The lowest BCUT2D eigenvalue weighted by Crippen LogP contribution is -2.47. The van der Waals surface area contributed by atoms with E-state index in [2.05, 4.69) is 26.1 Å². The summed E-state index contributed by atoms with van der Waals surface area (Å²) >= 11 is 0. The van der Waals surface area contributed by atoms with Gasteiger partial charge < -0.3 is 9.73 Å². The second-order valence-corrected chi connectivity index (χ2v) is 8.12. The standard InChI is InChI=1S/C20H23NO3/c1-19(2)13-8-9-20(19,3)16(11-13)21-17(22)14-10-12-6-4-5-7-15(12)24-18(14)23/h4-7,10,13,16H,8-9,11H2,1-3H3,(H,21,22). The molecule has 24 heavy (non-hydrogen) atoms. The predicted octanol–water partition coefficient (Wildman–Crippen LogP) is 3.74. The quantitative estimate of drug-likeness (QED) is 0.856. The Hall–Kier alpha value is -2.10. The molecule has 1 aromatic carbocycles. The summed E-state index contributed by atoms with van der Waals surface area (Å²) in [7, 11) is 0. The zero-order valence-electron chi connectivity index (χ0n) is 14.4. The van der Waals surface area contributed by atoms with Crippen LogP contribution < -0.4 is 10.9 Å². The average molecular weight is 325 g/mol. The van der Waals surface area contributed by atoms with Crippen LogP contribution in [-0.4, -0.2) is 11.9 Å². The van der Waals surface area contributed by atoms with Crippen LogP contribution in [0.2, 0.25) is 0 Å². The maximum Gasteiger partial charge on any atom is 0.349 e. The van der Waals surface area contributed by atoms with Crippen molar-refractivity contribution in [3.8, 4) is 0 Å². The van der Waals surface area contributed by atoms with E-state index in [9.17, 15) is 9.59 Å². The molecule has 2 saturated carbocycles. The van der Waals surface area contributed by atoms with Gasteiger partial charge in [0.2, 0.25) is 0 Å². The number of carbonyl (C=O) groups excluding carboxylic acids is 1. The smallest absolute Gasteiger partial charge is 0.349 e. The van der Waals surface area contributed by atoms with Crippen LogP contribution in [0.15, 0.2) is 39.5 Å². The van der Waals surface area contributed by atoms with E-state index in [4.69, 9.17) is 4.42 Å². The van der Waals surface area contributed by atoms with E-state index in [1.54, 1.807) is 12.1 Å². The summed E-state index contributed by atoms with van der Waals surface area (Å²) in [6.07, 6.45) is 3.35. The average Bonchev–Trinajstić information content (AvgIpc) is 2.87. The molecule has 0 spiro atoms. The topological polar surface area (TPSA) is 59.3 Å². The van der Waals surface area contributed by atoms with Crippen LogP contribution in [0.25, 0.3) is 11.0 Å². The minimum atomic E-state index is -0.571. The van der Waals surface area contributed by atoms with Gasteiger partial charge in [0.05, 0.1) is 0 Å². The van der Waals surface area contributed by atoms with Crippen molar-refractivity contribution in [3.63, 3.8) is 0 Å². The van der Waals surface area contributed by atoms with E-state index in [-0.39, 0.29) is 28.3 Å². The van der Waals surface area contributed by atoms with Crippen molar-refractivity contribution in [1.29, 1.82) is 0 Å². The van der Waals surface area contributed by atoms with Gasteiger partial charge in [0.15, 0.2) is 0 Å². The zero-order valence-corrected chi connectivity index (χ0v) is 14.4. The lowest BCUT2D eigenvalue weighted by atomic mass is 9.69. The Morgan fingerprint density at radius 2 is 2.00 bits per heavy atom. The van der Waals surface area contributed by atoms with Crippen molar-refractivity contribution < 1.29 is 9.21 Å². The maximum atomic E-state index is 12.7. The van der Waals surface area contributed by atoms with Crippen molar-refractivity contribution in [2.75, 3.05) is 0 Å². The Bertz CT molecular complexity index is 882. The number of para-hydroxylation sites is 1. The molecular weight excluding hydrogens is 302 g/mol. The molecule has 2 bridgehead atoms. The van der Waals surface area contributed by atoms with Gasteiger partial charge in [-0.05, 0) is 48.1 Å². The van der Waals surface area contributed by atoms with Crippen molar-refractivity contribution >= 4 is 16.9 Å². The van der Waals surface area contributed by atoms with Gasteiger partial charge in [0.25, 0.3) is 5.91 Å².